The van der Waals surface area contributed by atoms with Crippen molar-refractivity contribution in [2.75, 3.05) is 6.61 Å². The molecule has 0 aliphatic heterocycles. The Morgan fingerprint density at radius 3 is 2.73 bits per heavy atom. The number of rotatable bonds is 8. The largest absolute Gasteiger partial charge is 0.449 e. The number of carbonyl (C=O) groups is 2. The Bertz CT molecular complexity index is 1010. The number of aromatic amines is 1. The molecular weight excluding hydrogens is 382 g/mol. The first kappa shape index (κ1) is 21.0. The highest BCUT2D eigenvalue weighted by molar-refractivity contribution is 5.89. The van der Waals surface area contributed by atoms with Gasteiger partial charge in [0, 0.05) is 35.9 Å². The molecule has 0 saturated carbocycles. The van der Waals surface area contributed by atoms with E-state index in [1.54, 1.807) is 24.5 Å². The van der Waals surface area contributed by atoms with Crippen LogP contribution in [0.15, 0.2) is 60.1 Å². The van der Waals surface area contributed by atoms with E-state index >= 15 is 0 Å². The minimum Gasteiger partial charge on any atom is -0.449 e. The molecule has 8 heteroatoms. The SMILES string of the molecule is CC(C)COC(=O)NC(Cc1c[nH]c2ccccc12)C(=O)NN=Cc1ccncc1. The molecule has 2 amide bonds. The zero-order chi connectivity index (χ0) is 21.3. The second-order valence-electron chi connectivity index (χ2n) is 7.27. The summed E-state index contributed by atoms with van der Waals surface area (Å²) in [7, 11) is 0. The van der Waals surface area contributed by atoms with Crippen molar-refractivity contribution >= 4 is 29.1 Å². The average Bonchev–Trinajstić information content (AvgIpc) is 3.15. The van der Waals surface area contributed by atoms with Gasteiger partial charge in [-0.05, 0) is 35.2 Å². The molecule has 0 saturated heterocycles. The second-order valence-corrected chi connectivity index (χ2v) is 7.27. The van der Waals surface area contributed by atoms with Crippen LogP contribution in [0, 0.1) is 5.92 Å². The number of amides is 2. The number of carbonyl (C=O) groups excluding carboxylic acids is 2. The lowest BCUT2D eigenvalue weighted by atomic mass is 10.0. The third-order valence-electron chi connectivity index (χ3n) is 4.35. The van der Waals surface area contributed by atoms with Crippen LogP contribution in [0.3, 0.4) is 0 Å². The quantitative estimate of drug-likeness (QED) is 0.394. The third kappa shape index (κ3) is 5.91. The van der Waals surface area contributed by atoms with E-state index in [-0.39, 0.29) is 18.9 Å². The number of nitrogens with one attached hydrogen (secondary N) is 3. The number of pyridine rings is 1. The number of para-hydroxylation sites is 1. The Balaban J connectivity index is 1.71. The van der Waals surface area contributed by atoms with Gasteiger partial charge in [-0.1, -0.05) is 32.0 Å². The normalized spacial score (nSPS) is 12.2. The summed E-state index contributed by atoms with van der Waals surface area (Å²) >= 11 is 0. The molecule has 3 aromatic rings. The third-order valence-corrected chi connectivity index (χ3v) is 4.35. The number of nitrogens with zero attached hydrogens (tertiary/aromatic N) is 2. The van der Waals surface area contributed by atoms with E-state index in [1.807, 2.05) is 44.3 Å². The van der Waals surface area contributed by atoms with E-state index in [2.05, 4.69) is 25.8 Å². The monoisotopic (exact) mass is 407 g/mol. The van der Waals surface area contributed by atoms with Gasteiger partial charge >= 0.3 is 6.09 Å². The van der Waals surface area contributed by atoms with Crippen LogP contribution in [0.1, 0.15) is 25.0 Å². The zero-order valence-electron chi connectivity index (χ0n) is 17.0. The average molecular weight is 407 g/mol. The number of hydrogen-bond acceptors (Lipinski definition) is 5. The molecule has 0 radical (unpaired) electrons. The molecule has 2 aromatic heterocycles. The predicted molar refractivity (Wildman–Crippen MR) is 115 cm³/mol. The van der Waals surface area contributed by atoms with Crippen LogP contribution in [-0.4, -0.2) is 40.8 Å². The Labute approximate surface area is 174 Å². The fourth-order valence-electron chi connectivity index (χ4n) is 2.85. The number of hydrazone groups is 1. The Kier molecular flexibility index (Phi) is 7.15. The summed E-state index contributed by atoms with van der Waals surface area (Å²) in [5, 5.41) is 7.63. The van der Waals surface area contributed by atoms with Gasteiger partial charge in [0.2, 0.25) is 0 Å². The van der Waals surface area contributed by atoms with E-state index in [1.165, 1.54) is 6.21 Å². The predicted octanol–water partition coefficient (Wildman–Crippen LogP) is 3.01. The Hall–Kier alpha value is -3.68. The highest BCUT2D eigenvalue weighted by atomic mass is 16.5. The van der Waals surface area contributed by atoms with Crippen LogP contribution >= 0.6 is 0 Å². The summed E-state index contributed by atoms with van der Waals surface area (Å²) in [5.41, 5.74) is 5.16. The number of benzene rings is 1. The summed E-state index contributed by atoms with van der Waals surface area (Å²) < 4.78 is 5.18. The minimum atomic E-state index is -0.849. The molecule has 1 unspecified atom stereocenters. The molecule has 3 N–H and O–H groups in total. The van der Waals surface area contributed by atoms with Crippen LogP contribution < -0.4 is 10.7 Å². The molecule has 0 bridgehead atoms. The van der Waals surface area contributed by atoms with Gasteiger partial charge in [0.1, 0.15) is 6.04 Å². The molecule has 0 spiro atoms. The summed E-state index contributed by atoms with van der Waals surface area (Å²) in [6.45, 7) is 4.15. The summed E-state index contributed by atoms with van der Waals surface area (Å²) in [4.78, 5) is 32.0. The smallest absolute Gasteiger partial charge is 0.407 e. The van der Waals surface area contributed by atoms with E-state index in [9.17, 15) is 9.59 Å². The van der Waals surface area contributed by atoms with E-state index in [4.69, 9.17) is 4.74 Å². The molecule has 30 heavy (non-hydrogen) atoms. The van der Waals surface area contributed by atoms with Crippen LogP contribution in [-0.2, 0) is 16.0 Å². The van der Waals surface area contributed by atoms with Crippen LogP contribution in [0.5, 0.6) is 0 Å². The maximum Gasteiger partial charge on any atom is 0.407 e. The van der Waals surface area contributed by atoms with Crippen molar-refractivity contribution in [3.05, 3.63) is 66.1 Å². The van der Waals surface area contributed by atoms with Gasteiger partial charge in [-0.3, -0.25) is 9.78 Å². The zero-order valence-corrected chi connectivity index (χ0v) is 17.0. The van der Waals surface area contributed by atoms with Gasteiger partial charge < -0.3 is 15.0 Å². The lowest BCUT2D eigenvalue weighted by Crippen LogP contribution is -2.47. The van der Waals surface area contributed by atoms with Crippen LogP contribution in [0.2, 0.25) is 0 Å². The standard InChI is InChI=1S/C22H25N5O3/c1-15(2)14-30-22(29)26-20(11-17-13-24-19-6-4-3-5-18(17)19)21(28)27-25-12-16-7-9-23-10-8-16/h3-10,12-13,15,20,24H,11,14H2,1-2H3,(H,26,29)(H,27,28). The fraction of sp³-hybridized carbons (Fsp3) is 0.273. The molecule has 1 atom stereocenters. The number of hydrogen-bond donors (Lipinski definition) is 3. The summed E-state index contributed by atoms with van der Waals surface area (Å²) in [6, 6.07) is 10.5. The molecule has 0 aliphatic rings. The van der Waals surface area contributed by atoms with E-state index in [0.717, 1.165) is 22.0 Å². The number of aromatic nitrogens is 2. The van der Waals surface area contributed by atoms with Gasteiger partial charge in [-0.15, -0.1) is 0 Å². The van der Waals surface area contributed by atoms with Crippen molar-refractivity contribution in [2.24, 2.45) is 11.0 Å². The van der Waals surface area contributed by atoms with Crippen LogP contribution in [0.25, 0.3) is 10.9 Å². The van der Waals surface area contributed by atoms with Gasteiger partial charge in [-0.2, -0.15) is 5.10 Å². The molecule has 0 aliphatic carbocycles. The first-order valence-corrected chi connectivity index (χ1v) is 9.74. The molecule has 0 fully saturated rings. The van der Waals surface area contributed by atoms with Crippen molar-refractivity contribution < 1.29 is 14.3 Å². The number of fused-ring (bicyclic) bond motifs is 1. The number of ether oxygens (including phenoxy) is 1. The van der Waals surface area contributed by atoms with E-state index in [0.29, 0.717) is 0 Å². The van der Waals surface area contributed by atoms with Crippen molar-refractivity contribution in [1.29, 1.82) is 0 Å². The Morgan fingerprint density at radius 1 is 1.20 bits per heavy atom. The molecule has 8 nitrogen and oxygen atoms in total. The topological polar surface area (TPSA) is 108 Å². The maximum absolute atomic E-state index is 12.8. The van der Waals surface area contributed by atoms with Crippen molar-refractivity contribution in [3.63, 3.8) is 0 Å². The van der Waals surface area contributed by atoms with Crippen LogP contribution in [0.4, 0.5) is 4.79 Å². The minimum absolute atomic E-state index is 0.196. The highest BCUT2D eigenvalue weighted by Crippen LogP contribution is 2.19. The lowest BCUT2D eigenvalue weighted by molar-refractivity contribution is -0.123. The maximum atomic E-state index is 12.8. The first-order chi connectivity index (χ1) is 14.5. The van der Waals surface area contributed by atoms with Crippen molar-refractivity contribution in [3.8, 4) is 0 Å². The lowest BCUT2D eigenvalue weighted by Gasteiger charge is -2.17. The van der Waals surface area contributed by atoms with Gasteiger partial charge in [-0.25, -0.2) is 10.2 Å². The van der Waals surface area contributed by atoms with Gasteiger partial charge in [0.25, 0.3) is 5.91 Å². The fourth-order valence-corrected chi connectivity index (χ4v) is 2.85. The first-order valence-electron chi connectivity index (χ1n) is 9.74. The molecular formula is C22H25N5O3. The van der Waals surface area contributed by atoms with Crippen molar-refractivity contribution in [2.45, 2.75) is 26.3 Å². The molecule has 2 heterocycles. The number of alkyl carbamates (subject to hydrolysis) is 1. The molecule has 1 aromatic carbocycles. The second kappa shape index (κ2) is 10.2. The van der Waals surface area contributed by atoms with Crippen molar-refractivity contribution in [1.82, 2.24) is 20.7 Å². The van der Waals surface area contributed by atoms with E-state index < -0.39 is 18.0 Å². The highest BCUT2D eigenvalue weighted by Gasteiger charge is 2.23. The van der Waals surface area contributed by atoms with Gasteiger partial charge in [0.15, 0.2) is 0 Å². The molecule has 3 rings (SSSR count). The van der Waals surface area contributed by atoms with Gasteiger partial charge in [0.05, 0.1) is 12.8 Å². The number of H-pyrrole nitrogens is 1. The summed E-state index contributed by atoms with van der Waals surface area (Å²) in [6.07, 6.45) is 6.27. The molecule has 156 valence electrons. The Morgan fingerprint density at radius 2 is 1.97 bits per heavy atom. The summed E-state index contributed by atoms with van der Waals surface area (Å²) in [5.74, 6) is -0.242.